The van der Waals surface area contributed by atoms with Gasteiger partial charge in [-0.25, -0.2) is 0 Å². The first-order chi connectivity index (χ1) is 9.17. The summed E-state index contributed by atoms with van der Waals surface area (Å²) in [5.74, 6) is 3.61. The summed E-state index contributed by atoms with van der Waals surface area (Å²) in [4.78, 5) is 0. The zero-order valence-corrected chi connectivity index (χ0v) is 12.8. The second-order valence-corrected chi connectivity index (χ2v) is 6.66. The minimum absolute atomic E-state index is 0.107. The Balaban J connectivity index is 1.91. The Morgan fingerprint density at radius 1 is 1.47 bits per heavy atom. The van der Waals surface area contributed by atoms with Crippen molar-refractivity contribution in [3.8, 4) is 0 Å². The van der Waals surface area contributed by atoms with Crippen LogP contribution in [0.1, 0.15) is 44.1 Å². The molecule has 19 heavy (non-hydrogen) atoms. The number of hydrogen-bond acceptors (Lipinski definition) is 4. The van der Waals surface area contributed by atoms with Gasteiger partial charge in [-0.05, 0) is 37.1 Å². The lowest BCUT2D eigenvalue weighted by molar-refractivity contribution is 0.0963. The average molecular weight is 283 g/mol. The van der Waals surface area contributed by atoms with Gasteiger partial charge < -0.3 is 14.8 Å². The largest absolute Gasteiger partial charge is 0.464 e. The molecule has 2 rings (SSSR count). The summed E-state index contributed by atoms with van der Waals surface area (Å²) < 4.78 is 5.77. The van der Waals surface area contributed by atoms with Gasteiger partial charge >= 0.3 is 0 Å². The topological polar surface area (TPSA) is 45.4 Å². The molecule has 0 saturated heterocycles. The highest BCUT2D eigenvalue weighted by molar-refractivity contribution is 7.97. The van der Waals surface area contributed by atoms with E-state index in [1.54, 1.807) is 11.8 Å². The van der Waals surface area contributed by atoms with Gasteiger partial charge in [-0.15, -0.1) is 0 Å². The number of nitrogens with one attached hydrogen (secondary N) is 1. The van der Waals surface area contributed by atoms with Crippen LogP contribution in [0.15, 0.2) is 16.5 Å². The Labute approximate surface area is 120 Å². The van der Waals surface area contributed by atoms with Crippen LogP contribution in [0.3, 0.4) is 0 Å². The monoisotopic (exact) mass is 283 g/mol. The number of furan rings is 1. The van der Waals surface area contributed by atoms with Crippen LogP contribution in [0.5, 0.6) is 0 Å². The van der Waals surface area contributed by atoms with Crippen molar-refractivity contribution in [1.29, 1.82) is 0 Å². The minimum Gasteiger partial charge on any atom is -0.464 e. The van der Waals surface area contributed by atoms with Gasteiger partial charge in [0.15, 0.2) is 0 Å². The lowest BCUT2D eigenvalue weighted by atomic mass is 9.77. The summed E-state index contributed by atoms with van der Waals surface area (Å²) in [5.41, 5.74) is -0.107. The molecule has 0 aromatic carbocycles. The standard InChI is InChI=1S/C15H25NO2S/c1-12-4-3-7-15(8-12,11-17)16-9-13-5-6-14(18-13)10-19-2/h5-6,12,16-17H,3-4,7-11H2,1-2H3. The van der Waals surface area contributed by atoms with Gasteiger partial charge in [-0.1, -0.05) is 19.8 Å². The van der Waals surface area contributed by atoms with Crippen molar-refractivity contribution in [2.75, 3.05) is 12.9 Å². The van der Waals surface area contributed by atoms with Crippen molar-refractivity contribution in [3.05, 3.63) is 23.7 Å². The minimum atomic E-state index is -0.107. The number of rotatable bonds is 6. The zero-order chi connectivity index (χ0) is 13.7. The molecule has 2 atom stereocenters. The quantitative estimate of drug-likeness (QED) is 0.842. The van der Waals surface area contributed by atoms with Crippen molar-refractivity contribution in [2.24, 2.45) is 5.92 Å². The van der Waals surface area contributed by atoms with E-state index in [9.17, 15) is 5.11 Å². The summed E-state index contributed by atoms with van der Waals surface area (Å²) in [7, 11) is 0. The molecule has 3 nitrogen and oxygen atoms in total. The Kier molecular flexibility index (Phi) is 5.37. The van der Waals surface area contributed by atoms with Gasteiger partial charge in [-0.2, -0.15) is 11.8 Å². The van der Waals surface area contributed by atoms with E-state index in [1.807, 2.05) is 12.1 Å². The molecule has 2 N–H and O–H groups in total. The molecule has 1 heterocycles. The van der Waals surface area contributed by atoms with E-state index in [0.717, 1.165) is 30.1 Å². The highest BCUT2D eigenvalue weighted by Crippen LogP contribution is 2.32. The zero-order valence-electron chi connectivity index (χ0n) is 11.9. The molecule has 1 aromatic rings. The fraction of sp³-hybridized carbons (Fsp3) is 0.733. The first kappa shape index (κ1) is 14.9. The van der Waals surface area contributed by atoms with E-state index in [1.165, 1.54) is 12.8 Å². The Morgan fingerprint density at radius 2 is 2.26 bits per heavy atom. The van der Waals surface area contributed by atoms with Gasteiger partial charge in [0.05, 0.1) is 18.9 Å². The molecule has 1 aromatic heterocycles. The number of aliphatic hydroxyl groups is 1. The predicted molar refractivity (Wildman–Crippen MR) is 80.2 cm³/mol. The SMILES string of the molecule is CSCc1ccc(CNC2(CO)CCCC(C)C2)o1. The van der Waals surface area contributed by atoms with Crippen molar-refractivity contribution in [2.45, 2.75) is 50.4 Å². The average Bonchev–Trinajstić information content (AvgIpc) is 2.85. The van der Waals surface area contributed by atoms with Crippen molar-refractivity contribution >= 4 is 11.8 Å². The van der Waals surface area contributed by atoms with Crippen molar-refractivity contribution < 1.29 is 9.52 Å². The number of aliphatic hydroxyl groups excluding tert-OH is 1. The molecule has 4 heteroatoms. The van der Waals surface area contributed by atoms with E-state index in [2.05, 4.69) is 18.5 Å². The first-order valence-electron chi connectivity index (χ1n) is 7.10. The third-order valence-electron chi connectivity index (χ3n) is 4.04. The fourth-order valence-electron chi connectivity index (χ4n) is 3.03. The van der Waals surface area contributed by atoms with E-state index in [0.29, 0.717) is 12.5 Å². The molecule has 1 aliphatic rings. The lowest BCUT2D eigenvalue weighted by Gasteiger charge is -2.39. The molecule has 1 fully saturated rings. The molecule has 108 valence electrons. The fourth-order valence-corrected chi connectivity index (χ4v) is 3.47. The molecule has 0 amide bonds. The Morgan fingerprint density at radius 3 is 2.95 bits per heavy atom. The Bertz CT molecular complexity index is 393. The van der Waals surface area contributed by atoms with E-state index >= 15 is 0 Å². The third-order valence-corrected chi connectivity index (χ3v) is 4.61. The van der Waals surface area contributed by atoms with E-state index < -0.39 is 0 Å². The summed E-state index contributed by atoms with van der Waals surface area (Å²) >= 11 is 1.76. The van der Waals surface area contributed by atoms with Gasteiger partial charge in [0.25, 0.3) is 0 Å². The number of hydrogen-bond donors (Lipinski definition) is 2. The molecule has 0 spiro atoms. The maximum Gasteiger partial charge on any atom is 0.118 e. The maximum absolute atomic E-state index is 9.73. The molecular formula is C15H25NO2S. The summed E-state index contributed by atoms with van der Waals surface area (Å²) in [5, 5.41) is 13.3. The number of thioether (sulfide) groups is 1. The van der Waals surface area contributed by atoms with Crippen LogP contribution in [0.25, 0.3) is 0 Å². The molecule has 0 aliphatic heterocycles. The van der Waals surface area contributed by atoms with Crippen LogP contribution in [0.4, 0.5) is 0 Å². The van der Waals surface area contributed by atoms with Gasteiger partial charge in [0, 0.05) is 5.54 Å². The van der Waals surface area contributed by atoms with Crippen LogP contribution in [0.2, 0.25) is 0 Å². The van der Waals surface area contributed by atoms with Crippen LogP contribution in [-0.4, -0.2) is 23.5 Å². The smallest absolute Gasteiger partial charge is 0.118 e. The molecule has 1 saturated carbocycles. The second-order valence-electron chi connectivity index (χ2n) is 5.79. The van der Waals surface area contributed by atoms with Crippen LogP contribution >= 0.6 is 11.8 Å². The maximum atomic E-state index is 9.73. The molecule has 0 bridgehead atoms. The lowest BCUT2D eigenvalue weighted by Crippen LogP contribution is -2.51. The summed E-state index contributed by atoms with van der Waals surface area (Å²) in [6.45, 7) is 3.20. The van der Waals surface area contributed by atoms with Crippen molar-refractivity contribution in [1.82, 2.24) is 5.32 Å². The van der Waals surface area contributed by atoms with Crippen LogP contribution in [0, 0.1) is 5.92 Å². The van der Waals surface area contributed by atoms with Gasteiger partial charge in [-0.3, -0.25) is 0 Å². The van der Waals surface area contributed by atoms with Gasteiger partial charge in [0.1, 0.15) is 11.5 Å². The molecule has 2 unspecified atom stereocenters. The van der Waals surface area contributed by atoms with Crippen LogP contribution in [-0.2, 0) is 12.3 Å². The normalized spacial score (nSPS) is 27.6. The summed E-state index contributed by atoms with van der Waals surface area (Å²) in [6, 6.07) is 4.08. The van der Waals surface area contributed by atoms with E-state index in [4.69, 9.17) is 4.42 Å². The highest BCUT2D eigenvalue weighted by atomic mass is 32.2. The molecule has 0 radical (unpaired) electrons. The summed E-state index contributed by atoms with van der Waals surface area (Å²) in [6.07, 6.45) is 6.67. The molecule has 1 aliphatic carbocycles. The van der Waals surface area contributed by atoms with Crippen LogP contribution < -0.4 is 5.32 Å². The van der Waals surface area contributed by atoms with Crippen molar-refractivity contribution in [3.63, 3.8) is 0 Å². The Hall–Kier alpha value is -0.450. The first-order valence-corrected chi connectivity index (χ1v) is 8.49. The predicted octanol–water partition coefficient (Wildman–Crippen LogP) is 3.17. The third kappa shape index (κ3) is 4.01. The molecular weight excluding hydrogens is 258 g/mol. The highest BCUT2D eigenvalue weighted by Gasteiger charge is 2.33. The van der Waals surface area contributed by atoms with Gasteiger partial charge in [0.2, 0.25) is 0 Å². The van der Waals surface area contributed by atoms with E-state index in [-0.39, 0.29) is 12.1 Å². The second kappa shape index (κ2) is 6.82.